The zero-order valence-corrected chi connectivity index (χ0v) is 12.3. The van der Waals surface area contributed by atoms with E-state index in [2.05, 4.69) is 5.32 Å². The monoisotopic (exact) mass is 313 g/mol. The molecule has 1 aromatic rings. The molecule has 0 spiro atoms. The summed E-state index contributed by atoms with van der Waals surface area (Å²) in [5.74, 6) is -1.93. The maximum absolute atomic E-state index is 13.3. The summed E-state index contributed by atoms with van der Waals surface area (Å²) >= 11 is 0. The van der Waals surface area contributed by atoms with Gasteiger partial charge in [0.1, 0.15) is 5.82 Å². The Bertz CT molecular complexity index is 508. The fourth-order valence-corrected chi connectivity index (χ4v) is 1.82. The Hall–Kier alpha value is -2.15. The SMILES string of the molecule is CCCCOC(=O)NC(CC(O)C(=O)O)c1cccc(F)c1. The summed E-state index contributed by atoms with van der Waals surface area (Å²) in [6.07, 6.45) is -1.14. The number of unbranched alkanes of at least 4 members (excludes halogenated alkanes) is 1. The van der Waals surface area contributed by atoms with Gasteiger partial charge in [-0.15, -0.1) is 0 Å². The van der Waals surface area contributed by atoms with Crippen LogP contribution in [0.5, 0.6) is 0 Å². The topological polar surface area (TPSA) is 95.9 Å². The van der Waals surface area contributed by atoms with Crippen molar-refractivity contribution in [2.24, 2.45) is 0 Å². The molecule has 22 heavy (non-hydrogen) atoms. The average Bonchev–Trinajstić information content (AvgIpc) is 2.46. The zero-order valence-electron chi connectivity index (χ0n) is 12.3. The molecule has 3 N–H and O–H groups in total. The van der Waals surface area contributed by atoms with E-state index in [4.69, 9.17) is 9.84 Å². The normalized spacial score (nSPS) is 13.2. The standard InChI is InChI=1S/C15H20FNO5/c1-2-3-7-22-15(21)17-12(9-13(18)14(19)20)10-5-4-6-11(16)8-10/h4-6,8,12-13,18H,2-3,7,9H2,1H3,(H,17,21)(H,19,20). The molecule has 0 fully saturated rings. The van der Waals surface area contributed by atoms with Gasteiger partial charge in [0.05, 0.1) is 12.6 Å². The first-order chi connectivity index (χ1) is 10.4. The summed E-state index contributed by atoms with van der Waals surface area (Å²) in [6, 6.07) is 4.51. The number of carbonyl (C=O) groups is 2. The molecule has 0 bridgehead atoms. The van der Waals surface area contributed by atoms with E-state index in [9.17, 15) is 19.1 Å². The van der Waals surface area contributed by atoms with Crippen molar-refractivity contribution in [1.29, 1.82) is 0 Å². The van der Waals surface area contributed by atoms with Crippen molar-refractivity contribution < 1.29 is 28.9 Å². The van der Waals surface area contributed by atoms with E-state index in [1.54, 1.807) is 0 Å². The molecule has 0 aliphatic heterocycles. The lowest BCUT2D eigenvalue weighted by Crippen LogP contribution is -2.34. The van der Waals surface area contributed by atoms with Crippen LogP contribution in [0.25, 0.3) is 0 Å². The van der Waals surface area contributed by atoms with Crippen molar-refractivity contribution in [2.45, 2.75) is 38.3 Å². The molecule has 1 rings (SSSR count). The van der Waals surface area contributed by atoms with E-state index < -0.39 is 30.0 Å². The van der Waals surface area contributed by atoms with Crippen LogP contribution < -0.4 is 5.32 Å². The summed E-state index contributed by atoms with van der Waals surface area (Å²) in [6.45, 7) is 2.18. The van der Waals surface area contributed by atoms with Crippen molar-refractivity contribution >= 4 is 12.1 Å². The van der Waals surface area contributed by atoms with Gasteiger partial charge < -0.3 is 20.3 Å². The van der Waals surface area contributed by atoms with Gasteiger partial charge in [-0.3, -0.25) is 0 Å². The van der Waals surface area contributed by atoms with Crippen LogP contribution >= 0.6 is 0 Å². The third-order valence-corrected chi connectivity index (χ3v) is 3.02. The van der Waals surface area contributed by atoms with Crippen LogP contribution in [0, 0.1) is 5.82 Å². The van der Waals surface area contributed by atoms with Gasteiger partial charge in [0.25, 0.3) is 0 Å². The molecule has 0 saturated carbocycles. The minimum absolute atomic E-state index is 0.236. The Labute approximate surface area is 127 Å². The largest absolute Gasteiger partial charge is 0.479 e. The molecule has 0 heterocycles. The van der Waals surface area contributed by atoms with Crippen LogP contribution in [-0.2, 0) is 9.53 Å². The Morgan fingerprint density at radius 2 is 2.14 bits per heavy atom. The summed E-state index contributed by atoms with van der Waals surface area (Å²) in [5.41, 5.74) is 0.354. The smallest absolute Gasteiger partial charge is 0.407 e. The highest BCUT2D eigenvalue weighted by Crippen LogP contribution is 2.20. The number of alkyl carbamates (subject to hydrolysis) is 1. The second-order valence-corrected chi connectivity index (χ2v) is 4.83. The number of hydrogen-bond donors (Lipinski definition) is 3. The van der Waals surface area contributed by atoms with Gasteiger partial charge >= 0.3 is 12.1 Å². The van der Waals surface area contributed by atoms with Crippen molar-refractivity contribution in [3.8, 4) is 0 Å². The van der Waals surface area contributed by atoms with Crippen LogP contribution in [0.2, 0.25) is 0 Å². The number of nitrogens with one attached hydrogen (secondary N) is 1. The third-order valence-electron chi connectivity index (χ3n) is 3.02. The first-order valence-corrected chi connectivity index (χ1v) is 7.03. The number of carbonyl (C=O) groups excluding carboxylic acids is 1. The van der Waals surface area contributed by atoms with Crippen molar-refractivity contribution in [2.75, 3.05) is 6.61 Å². The number of rotatable bonds is 8. The summed E-state index contributed by atoms with van der Waals surface area (Å²) < 4.78 is 18.2. The third kappa shape index (κ3) is 6.09. The van der Waals surface area contributed by atoms with Crippen molar-refractivity contribution in [1.82, 2.24) is 5.32 Å². The number of aliphatic hydroxyl groups excluding tert-OH is 1. The first kappa shape index (κ1) is 17.9. The van der Waals surface area contributed by atoms with E-state index in [0.717, 1.165) is 6.42 Å². The Balaban J connectivity index is 2.78. The minimum atomic E-state index is -1.68. The molecule has 7 heteroatoms. The minimum Gasteiger partial charge on any atom is -0.479 e. The van der Waals surface area contributed by atoms with Crippen LogP contribution in [0.15, 0.2) is 24.3 Å². The fourth-order valence-electron chi connectivity index (χ4n) is 1.82. The highest BCUT2D eigenvalue weighted by atomic mass is 19.1. The van der Waals surface area contributed by atoms with E-state index in [1.807, 2.05) is 6.92 Å². The van der Waals surface area contributed by atoms with Gasteiger partial charge in [-0.25, -0.2) is 14.0 Å². The van der Waals surface area contributed by atoms with E-state index in [-0.39, 0.29) is 13.0 Å². The second-order valence-electron chi connectivity index (χ2n) is 4.83. The number of ether oxygens (including phenoxy) is 1. The molecule has 0 aliphatic carbocycles. The number of benzene rings is 1. The molecule has 0 saturated heterocycles. The van der Waals surface area contributed by atoms with Gasteiger partial charge in [0.2, 0.25) is 0 Å². The molecular weight excluding hydrogens is 293 g/mol. The summed E-state index contributed by atoms with van der Waals surface area (Å²) in [4.78, 5) is 22.4. The lowest BCUT2D eigenvalue weighted by atomic mass is 10.0. The number of halogens is 1. The maximum atomic E-state index is 13.3. The predicted molar refractivity (Wildman–Crippen MR) is 76.8 cm³/mol. The van der Waals surface area contributed by atoms with Gasteiger partial charge in [-0.2, -0.15) is 0 Å². The number of aliphatic hydroxyl groups is 1. The van der Waals surface area contributed by atoms with Crippen LogP contribution in [0.3, 0.4) is 0 Å². The van der Waals surface area contributed by atoms with E-state index in [1.165, 1.54) is 24.3 Å². The van der Waals surface area contributed by atoms with Crippen LogP contribution in [-0.4, -0.2) is 35.0 Å². The number of aliphatic carboxylic acids is 1. The molecule has 122 valence electrons. The van der Waals surface area contributed by atoms with Gasteiger partial charge in [-0.05, 0) is 24.1 Å². The predicted octanol–water partition coefficient (Wildman–Crippen LogP) is 2.23. The molecule has 2 atom stereocenters. The molecule has 2 unspecified atom stereocenters. The molecular formula is C15H20FNO5. The number of amides is 1. The van der Waals surface area contributed by atoms with Crippen molar-refractivity contribution in [3.63, 3.8) is 0 Å². The van der Waals surface area contributed by atoms with Crippen LogP contribution in [0.4, 0.5) is 9.18 Å². The highest BCUT2D eigenvalue weighted by molar-refractivity contribution is 5.72. The molecule has 6 nitrogen and oxygen atoms in total. The number of carboxylic acids is 1. The Morgan fingerprint density at radius 1 is 1.41 bits per heavy atom. The lowest BCUT2D eigenvalue weighted by Gasteiger charge is -2.20. The molecule has 0 radical (unpaired) electrons. The Morgan fingerprint density at radius 3 is 2.73 bits per heavy atom. The van der Waals surface area contributed by atoms with Crippen molar-refractivity contribution in [3.05, 3.63) is 35.6 Å². The summed E-state index contributed by atoms with van der Waals surface area (Å²) in [5, 5.41) is 20.7. The zero-order chi connectivity index (χ0) is 16.5. The second kappa shape index (κ2) is 8.99. The maximum Gasteiger partial charge on any atom is 0.407 e. The first-order valence-electron chi connectivity index (χ1n) is 7.03. The number of hydrogen-bond acceptors (Lipinski definition) is 4. The molecule has 0 aliphatic rings. The molecule has 1 amide bonds. The average molecular weight is 313 g/mol. The van der Waals surface area contributed by atoms with E-state index >= 15 is 0 Å². The van der Waals surface area contributed by atoms with Crippen LogP contribution in [0.1, 0.15) is 37.8 Å². The highest BCUT2D eigenvalue weighted by Gasteiger charge is 2.23. The van der Waals surface area contributed by atoms with E-state index in [0.29, 0.717) is 12.0 Å². The molecule has 1 aromatic carbocycles. The molecule has 0 aromatic heterocycles. The summed E-state index contributed by atoms with van der Waals surface area (Å²) in [7, 11) is 0. The van der Waals surface area contributed by atoms with Gasteiger partial charge in [0, 0.05) is 6.42 Å². The fraction of sp³-hybridized carbons (Fsp3) is 0.467. The lowest BCUT2D eigenvalue weighted by molar-refractivity contribution is -0.147. The Kier molecular flexibility index (Phi) is 7.31. The number of carboxylic acid groups (broad SMARTS) is 1. The van der Waals surface area contributed by atoms with Gasteiger partial charge in [0.15, 0.2) is 6.10 Å². The van der Waals surface area contributed by atoms with Gasteiger partial charge in [-0.1, -0.05) is 25.5 Å². The quantitative estimate of drug-likeness (QED) is 0.640.